The zero-order valence-electron chi connectivity index (χ0n) is 15.2. The van der Waals surface area contributed by atoms with Gasteiger partial charge in [-0.1, -0.05) is 49.1 Å². The lowest BCUT2D eigenvalue weighted by Crippen LogP contribution is -2.13. The van der Waals surface area contributed by atoms with Crippen molar-refractivity contribution in [2.24, 2.45) is 5.92 Å². The highest BCUT2D eigenvalue weighted by molar-refractivity contribution is 8.01. The monoisotopic (exact) mass is 392 g/mol. The van der Waals surface area contributed by atoms with E-state index >= 15 is 0 Å². The summed E-state index contributed by atoms with van der Waals surface area (Å²) in [6.07, 6.45) is 1.13. The van der Waals surface area contributed by atoms with Gasteiger partial charge in [0.2, 0.25) is 11.0 Å². The lowest BCUT2D eigenvalue weighted by atomic mass is 10.1. The van der Waals surface area contributed by atoms with Gasteiger partial charge in [0, 0.05) is 24.3 Å². The van der Waals surface area contributed by atoms with Crippen LogP contribution in [-0.4, -0.2) is 34.2 Å². The Kier molecular flexibility index (Phi) is 8.06. The van der Waals surface area contributed by atoms with E-state index in [2.05, 4.69) is 34.7 Å². The molecule has 0 aliphatic heterocycles. The molecule has 2 aromatic rings. The van der Waals surface area contributed by atoms with Gasteiger partial charge in [0.15, 0.2) is 10.1 Å². The maximum atomic E-state index is 12.1. The summed E-state index contributed by atoms with van der Waals surface area (Å²) in [6.45, 7) is 6.66. The van der Waals surface area contributed by atoms with Gasteiger partial charge >= 0.3 is 0 Å². The number of nitrogens with one attached hydrogen (secondary N) is 2. The van der Waals surface area contributed by atoms with Crippen molar-refractivity contribution in [1.82, 2.24) is 10.2 Å². The predicted octanol–water partition coefficient (Wildman–Crippen LogP) is 4.32. The first-order valence-corrected chi connectivity index (χ1v) is 10.4. The Balaban J connectivity index is 1.71. The van der Waals surface area contributed by atoms with Crippen LogP contribution in [0.4, 0.5) is 10.8 Å². The van der Waals surface area contributed by atoms with Crippen molar-refractivity contribution in [3.63, 3.8) is 0 Å². The zero-order chi connectivity index (χ0) is 18.9. The van der Waals surface area contributed by atoms with Crippen LogP contribution >= 0.6 is 23.1 Å². The number of thioether (sulfide) groups is 1. The van der Waals surface area contributed by atoms with Crippen molar-refractivity contribution in [3.8, 4) is 0 Å². The van der Waals surface area contributed by atoms with Crippen molar-refractivity contribution in [2.75, 3.05) is 22.9 Å². The normalized spacial score (nSPS) is 10.8. The van der Waals surface area contributed by atoms with E-state index in [1.807, 2.05) is 0 Å². The molecule has 2 rings (SSSR count). The Morgan fingerprint density at radius 2 is 2.00 bits per heavy atom. The third kappa shape index (κ3) is 6.76. The fourth-order valence-corrected chi connectivity index (χ4v) is 3.90. The van der Waals surface area contributed by atoms with Gasteiger partial charge in [-0.3, -0.25) is 9.59 Å². The number of anilines is 2. The van der Waals surface area contributed by atoms with Crippen LogP contribution in [0.5, 0.6) is 0 Å². The number of benzene rings is 1. The van der Waals surface area contributed by atoms with Crippen LogP contribution in [0.15, 0.2) is 28.6 Å². The molecule has 2 N–H and O–H groups in total. The highest BCUT2D eigenvalue weighted by atomic mass is 32.2. The smallest absolute Gasteiger partial charge is 0.224 e. The number of Topliss-reactive ketones (excluding diaryl/α,β-unsaturated/α-hetero) is 1. The molecule has 0 saturated heterocycles. The van der Waals surface area contributed by atoms with E-state index in [1.54, 1.807) is 36.0 Å². The molecule has 0 spiro atoms. The molecule has 0 fully saturated rings. The predicted molar refractivity (Wildman–Crippen MR) is 108 cm³/mol. The SMILES string of the molecule is CC(=O)c1ccccc1NC(=O)CCCSc1nnc(NCC(C)C)s1. The maximum absolute atomic E-state index is 12.1. The number of para-hydroxylation sites is 1. The Morgan fingerprint density at radius 1 is 1.23 bits per heavy atom. The van der Waals surface area contributed by atoms with Crippen LogP contribution in [0.1, 0.15) is 44.0 Å². The Hall–Kier alpha value is -1.93. The fraction of sp³-hybridized carbons (Fsp3) is 0.444. The van der Waals surface area contributed by atoms with Crippen LogP contribution in [0, 0.1) is 5.92 Å². The van der Waals surface area contributed by atoms with Gasteiger partial charge in [-0.05, 0) is 31.4 Å². The average molecular weight is 393 g/mol. The number of carbonyl (C=O) groups excluding carboxylic acids is 2. The molecule has 0 saturated carbocycles. The quantitative estimate of drug-likeness (QED) is 0.356. The number of aromatic nitrogens is 2. The van der Waals surface area contributed by atoms with E-state index in [0.29, 0.717) is 23.6 Å². The summed E-state index contributed by atoms with van der Waals surface area (Å²) in [5, 5.41) is 15.2. The first-order chi connectivity index (χ1) is 12.5. The molecular formula is C18H24N4O2S2. The van der Waals surface area contributed by atoms with Crippen molar-refractivity contribution in [1.29, 1.82) is 0 Å². The summed E-state index contributed by atoms with van der Waals surface area (Å²) in [5.74, 6) is 1.20. The number of ketones is 1. The van der Waals surface area contributed by atoms with Crippen LogP contribution in [-0.2, 0) is 4.79 Å². The van der Waals surface area contributed by atoms with Crippen molar-refractivity contribution in [2.45, 2.75) is 38.0 Å². The molecular weight excluding hydrogens is 368 g/mol. The van der Waals surface area contributed by atoms with E-state index in [4.69, 9.17) is 0 Å². The molecule has 8 heteroatoms. The molecule has 1 amide bonds. The van der Waals surface area contributed by atoms with Crippen molar-refractivity contribution < 1.29 is 9.59 Å². The minimum Gasteiger partial charge on any atom is -0.360 e. The molecule has 0 bridgehead atoms. The molecule has 1 aromatic carbocycles. The fourth-order valence-electron chi connectivity index (χ4n) is 2.13. The summed E-state index contributed by atoms with van der Waals surface area (Å²) in [6, 6.07) is 7.05. The average Bonchev–Trinajstić information content (AvgIpc) is 3.05. The molecule has 1 aromatic heterocycles. The lowest BCUT2D eigenvalue weighted by Gasteiger charge is -2.08. The Bertz CT molecular complexity index is 746. The van der Waals surface area contributed by atoms with Crippen LogP contribution in [0.3, 0.4) is 0 Å². The second-order valence-electron chi connectivity index (χ2n) is 6.25. The van der Waals surface area contributed by atoms with Gasteiger partial charge in [-0.25, -0.2) is 0 Å². The van der Waals surface area contributed by atoms with E-state index in [0.717, 1.165) is 28.2 Å². The van der Waals surface area contributed by atoms with E-state index in [9.17, 15) is 9.59 Å². The summed E-state index contributed by atoms with van der Waals surface area (Å²) in [4.78, 5) is 23.7. The van der Waals surface area contributed by atoms with Crippen LogP contribution in [0.2, 0.25) is 0 Å². The zero-order valence-corrected chi connectivity index (χ0v) is 16.9. The second-order valence-corrected chi connectivity index (χ2v) is 8.57. The Labute approximate surface area is 162 Å². The number of hydrogen-bond donors (Lipinski definition) is 2. The topological polar surface area (TPSA) is 84.0 Å². The summed E-state index contributed by atoms with van der Waals surface area (Å²) >= 11 is 3.14. The third-order valence-electron chi connectivity index (χ3n) is 3.42. The molecule has 0 radical (unpaired) electrons. The molecule has 0 aliphatic rings. The second kappa shape index (κ2) is 10.3. The maximum Gasteiger partial charge on any atom is 0.224 e. The number of hydrogen-bond acceptors (Lipinski definition) is 7. The van der Waals surface area contributed by atoms with Crippen LogP contribution < -0.4 is 10.6 Å². The summed E-state index contributed by atoms with van der Waals surface area (Å²) in [7, 11) is 0. The van der Waals surface area contributed by atoms with Crippen molar-refractivity contribution >= 4 is 45.6 Å². The molecule has 1 heterocycles. The number of carbonyl (C=O) groups is 2. The Morgan fingerprint density at radius 3 is 2.73 bits per heavy atom. The molecule has 0 atom stereocenters. The highest BCUT2D eigenvalue weighted by Crippen LogP contribution is 2.26. The highest BCUT2D eigenvalue weighted by Gasteiger charge is 2.10. The molecule has 0 unspecified atom stereocenters. The first-order valence-electron chi connectivity index (χ1n) is 8.55. The minimum absolute atomic E-state index is 0.0606. The molecule has 140 valence electrons. The summed E-state index contributed by atoms with van der Waals surface area (Å²) < 4.78 is 0.901. The van der Waals surface area contributed by atoms with E-state index < -0.39 is 0 Å². The number of amides is 1. The number of nitrogens with zero attached hydrogens (tertiary/aromatic N) is 2. The standard InChI is InChI=1S/C18H24N4O2S2/c1-12(2)11-19-17-21-22-18(26-17)25-10-6-9-16(24)20-15-8-5-4-7-14(15)13(3)23/h4-5,7-8,12H,6,9-11H2,1-3H3,(H,19,21)(H,20,24). The van der Waals surface area contributed by atoms with Gasteiger partial charge in [-0.2, -0.15) is 0 Å². The first kappa shape index (κ1) is 20.4. The van der Waals surface area contributed by atoms with Gasteiger partial charge in [0.05, 0.1) is 5.69 Å². The van der Waals surface area contributed by atoms with Gasteiger partial charge in [0.1, 0.15) is 0 Å². The molecule has 0 aliphatic carbocycles. The van der Waals surface area contributed by atoms with Gasteiger partial charge < -0.3 is 10.6 Å². The summed E-state index contributed by atoms with van der Waals surface area (Å²) in [5.41, 5.74) is 1.10. The van der Waals surface area contributed by atoms with Gasteiger partial charge in [0.25, 0.3) is 0 Å². The van der Waals surface area contributed by atoms with E-state index in [1.165, 1.54) is 18.3 Å². The lowest BCUT2D eigenvalue weighted by molar-refractivity contribution is -0.116. The number of rotatable bonds is 10. The third-order valence-corrected chi connectivity index (χ3v) is 5.52. The van der Waals surface area contributed by atoms with Crippen LogP contribution in [0.25, 0.3) is 0 Å². The molecule has 6 nitrogen and oxygen atoms in total. The van der Waals surface area contributed by atoms with E-state index in [-0.39, 0.29) is 11.7 Å². The van der Waals surface area contributed by atoms with Crippen molar-refractivity contribution in [3.05, 3.63) is 29.8 Å². The minimum atomic E-state index is -0.0872. The molecule has 26 heavy (non-hydrogen) atoms. The van der Waals surface area contributed by atoms with Gasteiger partial charge in [-0.15, -0.1) is 10.2 Å². The largest absolute Gasteiger partial charge is 0.360 e.